The molecule has 2 bridgehead atoms. The minimum absolute atomic E-state index is 0.393. The van der Waals surface area contributed by atoms with Gasteiger partial charge in [-0.05, 0) is 67.2 Å². The number of fused-ring (bicyclic) bond motifs is 2. The third-order valence-electron chi connectivity index (χ3n) is 5.78. The van der Waals surface area contributed by atoms with Crippen molar-refractivity contribution < 1.29 is 27.2 Å². The van der Waals surface area contributed by atoms with Crippen molar-refractivity contribution in [3.63, 3.8) is 0 Å². The molecule has 0 aromatic heterocycles. The van der Waals surface area contributed by atoms with Crippen LogP contribution in [0.3, 0.4) is 0 Å². The first-order valence-electron chi connectivity index (χ1n) is 9.84. The molecule has 6 unspecified atom stereocenters. The van der Waals surface area contributed by atoms with Gasteiger partial charge in [0.15, 0.2) is 11.5 Å². The van der Waals surface area contributed by atoms with Gasteiger partial charge in [-0.2, -0.15) is 0 Å². The topological polar surface area (TPSA) is 71.1 Å². The fourth-order valence-electron chi connectivity index (χ4n) is 4.42. The first kappa shape index (κ1) is 20.4. The Labute approximate surface area is 172 Å². The summed E-state index contributed by atoms with van der Waals surface area (Å²) in [6, 6.07) is 18.1. The lowest BCUT2D eigenvalue weighted by molar-refractivity contribution is 0.135. The number of hydrogen-bond acceptors (Lipinski definition) is 6. The van der Waals surface area contributed by atoms with Crippen molar-refractivity contribution in [2.75, 3.05) is 13.2 Å². The molecule has 6 nitrogen and oxygen atoms in total. The molecule has 0 aliphatic heterocycles. The minimum Gasteiger partial charge on any atom is -0.229 e. The lowest BCUT2D eigenvalue weighted by Gasteiger charge is -2.24. The van der Waals surface area contributed by atoms with Crippen LogP contribution in [0, 0.1) is 23.7 Å². The van der Waals surface area contributed by atoms with Crippen molar-refractivity contribution in [2.24, 2.45) is 23.7 Å². The van der Waals surface area contributed by atoms with Crippen molar-refractivity contribution in [1.82, 2.24) is 0 Å². The van der Waals surface area contributed by atoms with Gasteiger partial charge >= 0.3 is 16.5 Å². The molecule has 8 heteroatoms. The normalized spacial score (nSPS) is 26.2. The second kappa shape index (κ2) is 9.77. The molecule has 0 radical (unpaired) electrons. The van der Waals surface area contributed by atoms with Crippen LogP contribution in [0.2, 0.25) is 0 Å². The minimum atomic E-state index is -2.16. The van der Waals surface area contributed by atoms with Gasteiger partial charge in [0, 0.05) is 9.13 Å². The second-order valence-electron chi connectivity index (χ2n) is 7.59. The molecule has 0 heterocycles. The number of rotatable bonds is 10. The molecule has 2 saturated carbocycles. The summed E-state index contributed by atoms with van der Waals surface area (Å²) in [6.45, 7) is 0.893. The monoisotopic (exact) mass is 434 g/mol. The van der Waals surface area contributed by atoms with Crippen LogP contribution in [-0.4, -0.2) is 13.2 Å². The lowest BCUT2D eigenvalue weighted by Crippen LogP contribution is -2.23. The highest BCUT2D eigenvalue weighted by molar-refractivity contribution is 7.34. The van der Waals surface area contributed by atoms with Crippen LogP contribution >= 0.6 is 16.5 Å². The average Bonchev–Trinajstić information content (AvgIpc) is 3.32. The van der Waals surface area contributed by atoms with E-state index in [1.807, 2.05) is 36.4 Å². The summed E-state index contributed by atoms with van der Waals surface area (Å²) in [6.07, 6.45) is 3.15. The van der Waals surface area contributed by atoms with Crippen molar-refractivity contribution >= 4 is 16.5 Å². The van der Waals surface area contributed by atoms with Crippen molar-refractivity contribution in [1.29, 1.82) is 0 Å². The SMILES string of the molecule is O=[P+](OCC1CC2CC1CC2CO[P+](=O)Oc1ccccc1)Oc1ccccc1. The Kier molecular flexibility index (Phi) is 6.89. The van der Waals surface area contributed by atoms with Crippen LogP contribution in [-0.2, 0) is 18.2 Å². The molecule has 2 fully saturated rings. The van der Waals surface area contributed by atoms with E-state index in [-0.39, 0.29) is 0 Å². The van der Waals surface area contributed by atoms with E-state index < -0.39 is 16.5 Å². The zero-order valence-electron chi connectivity index (χ0n) is 16.0. The molecule has 2 aliphatic carbocycles. The smallest absolute Gasteiger partial charge is 0.229 e. The summed E-state index contributed by atoms with van der Waals surface area (Å²) in [7, 11) is -4.33. The van der Waals surface area contributed by atoms with Crippen LogP contribution in [0.15, 0.2) is 60.7 Å². The van der Waals surface area contributed by atoms with Gasteiger partial charge in [0.2, 0.25) is 0 Å². The Bertz CT molecular complexity index is 762. The van der Waals surface area contributed by atoms with Gasteiger partial charge in [0.1, 0.15) is 13.2 Å². The van der Waals surface area contributed by atoms with Gasteiger partial charge in [-0.1, -0.05) is 36.4 Å². The highest BCUT2D eigenvalue weighted by Gasteiger charge is 2.48. The zero-order chi connectivity index (χ0) is 20.1. The Balaban J connectivity index is 1.16. The van der Waals surface area contributed by atoms with Gasteiger partial charge < -0.3 is 0 Å². The molecular formula is C21H24O6P2+2. The molecule has 152 valence electrons. The third-order valence-corrected chi connectivity index (χ3v) is 7.22. The maximum absolute atomic E-state index is 12.0. The van der Waals surface area contributed by atoms with Crippen molar-refractivity contribution in [3.8, 4) is 11.5 Å². The average molecular weight is 434 g/mol. The maximum Gasteiger partial charge on any atom is 0.750 e. The predicted octanol–water partition coefficient (Wildman–Crippen LogP) is 6.15. The Morgan fingerprint density at radius 2 is 1.07 bits per heavy atom. The van der Waals surface area contributed by atoms with Gasteiger partial charge in [-0.25, -0.2) is 9.05 Å². The van der Waals surface area contributed by atoms with Crippen LogP contribution in [0.1, 0.15) is 19.3 Å². The van der Waals surface area contributed by atoms with E-state index in [1.54, 1.807) is 24.3 Å². The Morgan fingerprint density at radius 1 is 0.655 bits per heavy atom. The highest BCUT2D eigenvalue weighted by atomic mass is 31.1. The molecule has 6 atom stereocenters. The molecule has 4 rings (SSSR count). The van der Waals surface area contributed by atoms with Gasteiger partial charge in [-0.3, -0.25) is 0 Å². The molecule has 2 aromatic rings. The number of para-hydroxylation sites is 2. The summed E-state index contributed by atoms with van der Waals surface area (Å²) in [5, 5.41) is 0. The van der Waals surface area contributed by atoms with Crippen LogP contribution in [0.4, 0.5) is 0 Å². The van der Waals surface area contributed by atoms with E-state index >= 15 is 0 Å². The zero-order valence-corrected chi connectivity index (χ0v) is 17.8. The standard InChI is InChI=1S/C21H24O6P2/c22-28(26-20-7-3-1-4-8-20)24-14-18-12-17-11-16(18)13-19(17)15-25-29(23)27-21-9-5-2-6-10-21/h1-10,16-19H,11-15H2/q+2. The molecular weight excluding hydrogens is 410 g/mol. The second-order valence-corrected chi connectivity index (χ2v) is 9.37. The van der Waals surface area contributed by atoms with E-state index in [2.05, 4.69) is 0 Å². The fourth-order valence-corrected chi connectivity index (χ4v) is 5.74. The largest absolute Gasteiger partial charge is 0.750 e. The maximum atomic E-state index is 12.0. The quantitative estimate of drug-likeness (QED) is 0.418. The van der Waals surface area contributed by atoms with E-state index in [4.69, 9.17) is 18.1 Å². The van der Waals surface area contributed by atoms with Crippen molar-refractivity contribution in [2.45, 2.75) is 19.3 Å². The summed E-state index contributed by atoms with van der Waals surface area (Å²) in [4.78, 5) is 0. The molecule has 0 spiro atoms. The Morgan fingerprint density at radius 3 is 1.45 bits per heavy atom. The molecule has 29 heavy (non-hydrogen) atoms. The molecule has 0 N–H and O–H groups in total. The Hall–Kier alpha value is -1.84. The summed E-state index contributed by atoms with van der Waals surface area (Å²) in [5.74, 6) is 2.94. The van der Waals surface area contributed by atoms with Crippen LogP contribution < -0.4 is 9.05 Å². The van der Waals surface area contributed by atoms with Crippen LogP contribution in [0.5, 0.6) is 11.5 Å². The van der Waals surface area contributed by atoms with Gasteiger partial charge in [-0.15, -0.1) is 9.05 Å². The van der Waals surface area contributed by atoms with E-state index in [0.29, 0.717) is 48.4 Å². The highest BCUT2D eigenvalue weighted by Crippen LogP contribution is 2.53. The van der Waals surface area contributed by atoms with Crippen molar-refractivity contribution in [3.05, 3.63) is 60.7 Å². The molecule has 2 aliphatic rings. The molecule has 2 aromatic carbocycles. The summed E-state index contributed by atoms with van der Waals surface area (Å²) in [5.41, 5.74) is 0. The van der Waals surface area contributed by atoms with E-state index in [0.717, 1.165) is 19.3 Å². The molecule has 0 amide bonds. The van der Waals surface area contributed by atoms with Gasteiger partial charge in [0.25, 0.3) is 0 Å². The first-order chi connectivity index (χ1) is 14.2. The number of benzene rings is 2. The first-order valence-corrected chi connectivity index (χ1v) is 12.0. The van der Waals surface area contributed by atoms with E-state index in [9.17, 15) is 9.13 Å². The fraction of sp³-hybridized carbons (Fsp3) is 0.429. The summed E-state index contributed by atoms with van der Waals surface area (Å²) < 4.78 is 45.6. The number of hydrogen-bond donors (Lipinski definition) is 0. The van der Waals surface area contributed by atoms with E-state index in [1.165, 1.54) is 0 Å². The third kappa shape index (κ3) is 5.61. The predicted molar refractivity (Wildman–Crippen MR) is 109 cm³/mol. The van der Waals surface area contributed by atoms with Gasteiger partial charge in [0.05, 0.1) is 0 Å². The molecule has 0 saturated heterocycles. The lowest BCUT2D eigenvalue weighted by atomic mass is 9.83. The summed E-state index contributed by atoms with van der Waals surface area (Å²) >= 11 is 0. The van der Waals surface area contributed by atoms with Crippen LogP contribution in [0.25, 0.3) is 0 Å².